The van der Waals surface area contributed by atoms with Crippen molar-refractivity contribution in [3.63, 3.8) is 0 Å². The van der Waals surface area contributed by atoms with E-state index in [1.165, 1.54) is 0 Å². The molecule has 0 radical (unpaired) electrons. The Kier molecular flexibility index (Phi) is 6.29. The van der Waals surface area contributed by atoms with E-state index >= 15 is 0 Å². The minimum atomic E-state index is -3.45. The summed E-state index contributed by atoms with van der Waals surface area (Å²) in [7, 11) is -3.45. The predicted molar refractivity (Wildman–Crippen MR) is 106 cm³/mol. The number of aryl methyl sites for hydroxylation is 1. The highest BCUT2D eigenvalue weighted by Gasteiger charge is 2.22. The lowest BCUT2D eigenvalue weighted by molar-refractivity contribution is 0.0953. The third-order valence-electron chi connectivity index (χ3n) is 5.00. The third kappa shape index (κ3) is 5.17. The van der Waals surface area contributed by atoms with Crippen molar-refractivity contribution in [3.8, 4) is 0 Å². The molecule has 0 bridgehead atoms. The Bertz CT molecular complexity index is 886. The van der Waals surface area contributed by atoms with Crippen LogP contribution in [0.4, 0.5) is 0 Å². The molecular weight excluding hydrogens is 360 g/mol. The summed E-state index contributed by atoms with van der Waals surface area (Å²) >= 11 is 0. The number of hydrogen-bond acceptors (Lipinski definition) is 3. The molecule has 1 aliphatic rings. The van der Waals surface area contributed by atoms with Crippen molar-refractivity contribution in [2.45, 2.75) is 50.0 Å². The van der Waals surface area contributed by atoms with Gasteiger partial charge in [-0.15, -0.1) is 0 Å². The Morgan fingerprint density at radius 1 is 1.04 bits per heavy atom. The van der Waals surface area contributed by atoms with Crippen LogP contribution in [0.1, 0.15) is 47.2 Å². The fourth-order valence-electron chi connectivity index (χ4n) is 3.41. The van der Waals surface area contributed by atoms with Gasteiger partial charge in [0.05, 0.1) is 4.90 Å². The summed E-state index contributed by atoms with van der Waals surface area (Å²) in [5.74, 6) is -0.0898. The summed E-state index contributed by atoms with van der Waals surface area (Å²) in [5, 5.41) is 2.91. The van der Waals surface area contributed by atoms with E-state index < -0.39 is 10.0 Å². The minimum Gasteiger partial charge on any atom is -0.352 e. The van der Waals surface area contributed by atoms with Gasteiger partial charge in [0.15, 0.2) is 0 Å². The topological polar surface area (TPSA) is 75.3 Å². The zero-order chi connectivity index (χ0) is 19.3. The molecule has 0 atom stereocenters. The second-order valence-electron chi connectivity index (χ2n) is 7.07. The number of nitrogens with one attached hydrogen (secondary N) is 2. The van der Waals surface area contributed by atoms with E-state index in [-0.39, 0.29) is 11.9 Å². The van der Waals surface area contributed by atoms with Crippen LogP contribution in [0.25, 0.3) is 0 Å². The zero-order valence-electron chi connectivity index (χ0n) is 15.6. The van der Waals surface area contributed by atoms with E-state index in [1.54, 1.807) is 12.1 Å². The van der Waals surface area contributed by atoms with Gasteiger partial charge < -0.3 is 5.32 Å². The van der Waals surface area contributed by atoms with Crippen LogP contribution in [-0.4, -0.2) is 26.9 Å². The molecule has 6 heteroatoms. The lowest BCUT2D eigenvalue weighted by Gasteiger charge is -2.13. The van der Waals surface area contributed by atoms with Gasteiger partial charge in [-0.1, -0.05) is 43.2 Å². The first-order valence-corrected chi connectivity index (χ1v) is 10.9. The molecule has 1 saturated carbocycles. The van der Waals surface area contributed by atoms with E-state index in [2.05, 4.69) is 10.0 Å². The highest BCUT2D eigenvalue weighted by molar-refractivity contribution is 7.89. The molecule has 2 N–H and O–H groups in total. The van der Waals surface area contributed by atoms with Gasteiger partial charge in [0.2, 0.25) is 10.0 Å². The second-order valence-corrected chi connectivity index (χ2v) is 8.78. The van der Waals surface area contributed by atoms with Crippen molar-refractivity contribution in [2.24, 2.45) is 0 Å². The maximum atomic E-state index is 12.4. The first kappa shape index (κ1) is 19.6. The molecular formula is C21H26N2O3S. The standard InChI is InChI=1S/C21H26N2O3S/c1-16-6-2-5-9-20(16)21(24)22-15-14-17-10-12-19(13-11-17)27(25,26)23-18-7-3-4-8-18/h2,5-6,9-13,18,23H,3-4,7-8,14-15H2,1H3,(H,22,24). The van der Waals surface area contributed by atoms with Gasteiger partial charge in [-0.3, -0.25) is 4.79 Å². The summed E-state index contributed by atoms with van der Waals surface area (Å²) in [6.07, 6.45) is 4.64. The highest BCUT2D eigenvalue weighted by atomic mass is 32.2. The van der Waals surface area contributed by atoms with Crippen LogP contribution in [0.2, 0.25) is 0 Å². The fraction of sp³-hybridized carbons (Fsp3) is 0.381. The van der Waals surface area contributed by atoms with Crippen LogP contribution in [-0.2, 0) is 16.4 Å². The highest BCUT2D eigenvalue weighted by Crippen LogP contribution is 2.20. The molecule has 144 valence electrons. The van der Waals surface area contributed by atoms with E-state index in [9.17, 15) is 13.2 Å². The summed E-state index contributed by atoms with van der Waals surface area (Å²) < 4.78 is 27.6. The molecule has 1 aliphatic carbocycles. The smallest absolute Gasteiger partial charge is 0.251 e. The van der Waals surface area contributed by atoms with Gasteiger partial charge in [0.25, 0.3) is 5.91 Å². The first-order valence-electron chi connectivity index (χ1n) is 9.41. The number of amides is 1. The average Bonchev–Trinajstić information content (AvgIpc) is 3.15. The Labute approximate surface area is 161 Å². The molecule has 1 amide bonds. The van der Waals surface area contributed by atoms with E-state index in [1.807, 2.05) is 43.3 Å². The molecule has 2 aromatic rings. The fourth-order valence-corrected chi connectivity index (χ4v) is 4.71. The number of carbonyl (C=O) groups excluding carboxylic acids is 1. The normalized spacial score (nSPS) is 15.0. The molecule has 5 nitrogen and oxygen atoms in total. The molecule has 0 saturated heterocycles. The molecule has 3 rings (SSSR count). The Balaban J connectivity index is 1.53. The zero-order valence-corrected chi connectivity index (χ0v) is 16.4. The van der Waals surface area contributed by atoms with Gasteiger partial charge in [0, 0.05) is 18.2 Å². The monoisotopic (exact) mass is 386 g/mol. The van der Waals surface area contributed by atoms with Crippen molar-refractivity contribution in [1.82, 2.24) is 10.0 Å². The van der Waals surface area contributed by atoms with Gasteiger partial charge in [-0.05, 0) is 55.5 Å². The lowest BCUT2D eigenvalue weighted by Crippen LogP contribution is -2.32. The second kappa shape index (κ2) is 8.67. The summed E-state index contributed by atoms with van der Waals surface area (Å²) in [6, 6.07) is 14.4. The molecule has 2 aromatic carbocycles. The summed E-state index contributed by atoms with van der Waals surface area (Å²) in [6.45, 7) is 2.41. The van der Waals surface area contributed by atoms with E-state index in [4.69, 9.17) is 0 Å². The number of hydrogen-bond donors (Lipinski definition) is 2. The summed E-state index contributed by atoms with van der Waals surface area (Å²) in [5.41, 5.74) is 2.61. The first-order chi connectivity index (χ1) is 13.0. The molecule has 0 unspecified atom stereocenters. The van der Waals surface area contributed by atoms with Crippen LogP contribution in [0, 0.1) is 6.92 Å². The number of rotatable bonds is 7. The molecule has 0 aliphatic heterocycles. The Morgan fingerprint density at radius 2 is 1.70 bits per heavy atom. The third-order valence-corrected chi connectivity index (χ3v) is 6.54. The predicted octanol–water partition coefficient (Wildman–Crippen LogP) is 3.19. The molecule has 0 spiro atoms. The Morgan fingerprint density at radius 3 is 2.37 bits per heavy atom. The van der Waals surface area contributed by atoms with Gasteiger partial charge in [-0.25, -0.2) is 13.1 Å². The molecule has 27 heavy (non-hydrogen) atoms. The van der Waals surface area contributed by atoms with Crippen LogP contribution >= 0.6 is 0 Å². The van der Waals surface area contributed by atoms with Crippen molar-refractivity contribution >= 4 is 15.9 Å². The largest absolute Gasteiger partial charge is 0.352 e. The van der Waals surface area contributed by atoms with Crippen molar-refractivity contribution in [2.75, 3.05) is 6.54 Å². The summed E-state index contributed by atoms with van der Waals surface area (Å²) in [4.78, 5) is 12.5. The molecule has 0 aromatic heterocycles. The van der Waals surface area contributed by atoms with Gasteiger partial charge in [-0.2, -0.15) is 0 Å². The average molecular weight is 387 g/mol. The van der Waals surface area contributed by atoms with Crippen molar-refractivity contribution < 1.29 is 13.2 Å². The number of carbonyl (C=O) groups is 1. The Hall–Kier alpha value is -2.18. The quantitative estimate of drug-likeness (QED) is 0.767. The van der Waals surface area contributed by atoms with Crippen molar-refractivity contribution in [1.29, 1.82) is 0 Å². The maximum Gasteiger partial charge on any atom is 0.251 e. The number of sulfonamides is 1. The number of benzene rings is 2. The van der Waals surface area contributed by atoms with E-state index in [0.717, 1.165) is 36.8 Å². The lowest BCUT2D eigenvalue weighted by atomic mass is 10.1. The SMILES string of the molecule is Cc1ccccc1C(=O)NCCc1ccc(S(=O)(=O)NC2CCCC2)cc1. The maximum absolute atomic E-state index is 12.4. The molecule has 1 fully saturated rings. The minimum absolute atomic E-state index is 0.0614. The van der Waals surface area contributed by atoms with Crippen LogP contribution in [0.3, 0.4) is 0 Å². The van der Waals surface area contributed by atoms with Crippen LogP contribution < -0.4 is 10.0 Å². The van der Waals surface area contributed by atoms with Crippen molar-refractivity contribution in [3.05, 3.63) is 65.2 Å². The van der Waals surface area contributed by atoms with Crippen LogP contribution in [0.5, 0.6) is 0 Å². The van der Waals surface area contributed by atoms with Crippen LogP contribution in [0.15, 0.2) is 53.4 Å². The molecule has 0 heterocycles. The van der Waals surface area contributed by atoms with Gasteiger partial charge in [0.1, 0.15) is 0 Å². The van der Waals surface area contributed by atoms with Gasteiger partial charge >= 0.3 is 0 Å². The van der Waals surface area contributed by atoms with E-state index in [0.29, 0.717) is 23.4 Å².